The number of halogens is 1. The molecule has 3 aromatic rings. The molecule has 0 aromatic heterocycles. The van der Waals surface area contributed by atoms with Crippen LogP contribution in [0.2, 0.25) is 0 Å². The van der Waals surface area contributed by atoms with Gasteiger partial charge < -0.3 is 19.3 Å². The molecule has 1 aliphatic rings. The fraction of sp³-hybridized carbons (Fsp3) is 0.379. The van der Waals surface area contributed by atoms with Crippen LogP contribution in [-0.2, 0) is 12.8 Å². The second-order valence-electron chi connectivity index (χ2n) is 8.72. The van der Waals surface area contributed by atoms with Crippen molar-refractivity contribution in [2.45, 2.75) is 32.7 Å². The average Bonchev–Trinajstić information content (AvgIpc) is 2.88. The highest BCUT2D eigenvalue weighted by molar-refractivity contribution is 5.54. The minimum absolute atomic E-state index is 0.162. The second-order valence-corrected chi connectivity index (χ2v) is 8.72. The zero-order chi connectivity index (χ0) is 23.9. The molecule has 4 rings (SSSR count). The molecule has 0 aliphatic carbocycles. The number of hydrogen-bond donors (Lipinski definition) is 0. The van der Waals surface area contributed by atoms with Gasteiger partial charge in [0.15, 0.2) is 0 Å². The Kier molecular flexibility index (Phi) is 8.07. The van der Waals surface area contributed by atoms with E-state index in [-0.39, 0.29) is 11.9 Å². The summed E-state index contributed by atoms with van der Waals surface area (Å²) >= 11 is 0. The largest absolute Gasteiger partial charge is 0.497 e. The van der Waals surface area contributed by atoms with Gasteiger partial charge in [-0.1, -0.05) is 32.0 Å². The topological polar surface area (TPSA) is 24.9 Å². The number of fused-ring (bicyclic) bond motifs is 1. The van der Waals surface area contributed by atoms with Crippen molar-refractivity contribution >= 4 is 5.69 Å². The minimum atomic E-state index is -0.209. The highest BCUT2D eigenvalue weighted by Crippen LogP contribution is 2.37. The Balaban J connectivity index is 1.52. The van der Waals surface area contributed by atoms with Crippen LogP contribution in [0.3, 0.4) is 0 Å². The van der Waals surface area contributed by atoms with Gasteiger partial charge in [0.2, 0.25) is 0 Å². The Bertz CT molecular complexity index is 1050. The van der Waals surface area contributed by atoms with Gasteiger partial charge in [0.05, 0.1) is 13.2 Å². The summed E-state index contributed by atoms with van der Waals surface area (Å²) in [6.07, 6.45) is 1.79. The Morgan fingerprint density at radius 3 is 2.32 bits per heavy atom. The van der Waals surface area contributed by atoms with E-state index in [1.54, 1.807) is 19.2 Å². The molecule has 5 heteroatoms. The van der Waals surface area contributed by atoms with Crippen LogP contribution in [0.25, 0.3) is 0 Å². The van der Waals surface area contributed by atoms with Gasteiger partial charge >= 0.3 is 0 Å². The fourth-order valence-corrected chi connectivity index (χ4v) is 4.75. The van der Waals surface area contributed by atoms with Gasteiger partial charge in [-0.05, 0) is 91.2 Å². The maximum absolute atomic E-state index is 13.6. The molecule has 1 unspecified atom stereocenters. The van der Waals surface area contributed by atoms with E-state index >= 15 is 0 Å². The molecule has 0 saturated carbocycles. The molecule has 1 heterocycles. The smallest absolute Gasteiger partial charge is 0.123 e. The predicted octanol–water partition coefficient (Wildman–Crippen LogP) is 5.90. The number of nitrogens with zero attached hydrogens (tertiary/aromatic N) is 2. The van der Waals surface area contributed by atoms with Gasteiger partial charge in [-0.15, -0.1) is 0 Å². The molecular formula is C29H35FN2O2. The summed E-state index contributed by atoms with van der Waals surface area (Å²) < 4.78 is 25.0. The van der Waals surface area contributed by atoms with Crippen LogP contribution in [0.4, 0.5) is 10.1 Å². The monoisotopic (exact) mass is 462 g/mol. The Morgan fingerprint density at radius 1 is 0.941 bits per heavy atom. The molecule has 180 valence electrons. The Morgan fingerprint density at radius 2 is 1.65 bits per heavy atom. The lowest BCUT2D eigenvalue weighted by Crippen LogP contribution is -2.36. The average molecular weight is 463 g/mol. The standard InChI is InChI=1S/C29H35FN2O2/c1-4-31(5-2)18-19-34-26-12-6-22(7-13-26)20-29-28-15-14-27(33-3)21-23(28)16-17-32(29)25-10-8-24(30)9-11-25/h6-15,21,29H,4-5,16-20H2,1-3H3. The van der Waals surface area contributed by atoms with E-state index in [0.717, 1.165) is 56.2 Å². The maximum atomic E-state index is 13.6. The van der Waals surface area contributed by atoms with Crippen LogP contribution < -0.4 is 14.4 Å². The van der Waals surface area contributed by atoms with Gasteiger partial charge in [0.25, 0.3) is 0 Å². The number of rotatable bonds is 10. The van der Waals surface area contributed by atoms with Gasteiger partial charge in [-0.3, -0.25) is 0 Å². The number of anilines is 1. The second kappa shape index (κ2) is 11.4. The van der Waals surface area contributed by atoms with E-state index in [1.165, 1.54) is 16.7 Å². The molecule has 0 fully saturated rings. The van der Waals surface area contributed by atoms with Crippen LogP contribution in [0.5, 0.6) is 11.5 Å². The first-order chi connectivity index (χ1) is 16.6. The fourth-order valence-electron chi connectivity index (χ4n) is 4.75. The Labute approximate surface area is 202 Å². The molecule has 1 atom stereocenters. The summed E-state index contributed by atoms with van der Waals surface area (Å²) in [6, 6.07) is 21.8. The molecule has 0 radical (unpaired) electrons. The lowest BCUT2D eigenvalue weighted by Gasteiger charge is -2.39. The third kappa shape index (κ3) is 5.71. The zero-order valence-corrected chi connectivity index (χ0v) is 20.5. The molecule has 0 saturated heterocycles. The third-order valence-electron chi connectivity index (χ3n) is 6.79. The van der Waals surface area contributed by atoms with E-state index in [2.05, 4.69) is 60.0 Å². The summed E-state index contributed by atoms with van der Waals surface area (Å²) in [4.78, 5) is 4.75. The van der Waals surface area contributed by atoms with Gasteiger partial charge in [-0.2, -0.15) is 0 Å². The van der Waals surface area contributed by atoms with Crippen molar-refractivity contribution in [1.29, 1.82) is 0 Å². The number of methoxy groups -OCH3 is 1. The predicted molar refractivity (Wildman–Crippen MR) is 137 cm³/mol. The summed E-state index contributed by atoms with van der Waals surface area (Å²) in [5.41, 5.74) is 4.91. The quantitative estimate of drug-likeness (QED) is 0.374. The van der Waals surface area contributed by atoms with Crippen LogP contribution >= 0.6 is 0 Å². The number of hydrogen-bond acceptors (Lipinski definition) is 4. The molecule has 3 aromatic carbocycles. The first-order valence-electron chi connectivity index (χ1n) is 12.2. The summed E-state index contributed by atoms with van der Waals surface area (Å²) in [5, 5.41) is 0. The first-order valence-corrected chi connectivity index (χ1v) is 12.2. The maximum Gasteiger partial charge on any atom is 0.123 e. The molecule has 1 aliphatic heterocycles. The summed E-state index contributed by atoms with van der Waals surface area (Å²) in [6.45, 7) is 8.93. The van der Waals surface area contributed by atoms with Crippen molar-refractivity contribution in [3.63, 3.8) is 0 Å². The number of likely N-dealkylation sites (N-methyl/N-ethyl adjacent to an activating group) is 1. The minimum Gasteiger partial charge on any atom is -0.497 e. The summed E-state index contributed by atoms with van der Waals surface area (Å²) in [5.74, 6) is 1.58. The van der Waals surface area contributed by atoms with Gasteiger partial charge in [0, 0.05) is 18.8 Å². The number of ether oxygens (including phenoxy) is 2. The first kappa shape index (κ1) is 24.1. The van der Waals surface area contributed by atoms with Crippen molar-refractivity contribution in [2.24, 2.45) is 0 Å². The van der Waals surface area contributed by atoms with E-state index in [1.807, 2.05) is 18.2 Å². The molecule has 34 heavy (non-hydrogen) atoms. The van der Waals surface area contributed by atoms with Crippen molar-refractivity contribution in [1.82, 2.24) is 4.90 Å². The highest BCUT2D eigenvalue weighted by atomic mass is 19.1. The van der Waals surface area contributed by atoms with E-state index in [0.29, 0.717) is 6.61 Å². The van der Waals surface area contributed by atoms with Crippen molar-refractivity contribution in [3.8, 4) is 11.5 Å². The van der Waals surface area contributed by atoms with Crippen LogP contribution in [0.1, 0.15) is 36.6 Å². The molecular weight excluding hydrogens is 427 g/mol. The SMILES string of the molecule is CCN(CC)CCOc1ccc(CC2c3ccc(OC)cc3CCN2c2ccc(F)cc2)cc1. The van der Waals surface area contributed by atoms with Crippen molar-refractivity contribution in [2.75, 3.05) is 44.8 Å². The van der Waals surface area contributed by atoms with E-state index in [9.17, 15) is 4.39 Å². The van der Waals surface area contributed by atoms with Crippen LogP contribution in [-0.4, -0.2) is 44.8 Å². The van der Waals surface area contributed by atoms with Gasteiger partial charge in [-0.25, -0.2) is 4.39 Å². The van der Waals surface area contributed by atoms with Crippen LogP contribution in [0.15, 0.2) is 66.7 Å². The zero-order valence-electron chi connectivity index (χ0n) is 20.5. The normalized spacial score (nSPS) is 15.3. The third-order valence-corrected chi connectivity index (χ3v) is 6.79. The lowest BCUT2D eigenvalue weighted by atomic mass is 9.88. The van der Waals surface area contributed by atoms with Crippen molar-refractivity contribution in [3.05, 3.63) is 89.2 Å². The molecule has 0 amide bonds. The Hall–Kier alpha value is -3.05. The molecule has 0 spiro atoms. The van der Waals surface area contributed by atoms with E-state index in [4.69, 9.17) is 9.47 Å². The summed E-state index contributed by atoms with van der Waals surface area (Å²) in [7, 11) is 1.71. The molecule has 0 N–H and O–H groups in total. The van der Waals surface area contributed by atoms with Crippen LogP contribution in [0, 0.1) is 5.82 Å². The molecule has 4 nitrogen and oxygen atoms in total. The van der Waals surface area contributed by atoms with E-state index < -0.39 is 0 Å². The van der Waals surface area contributed by atoms with Crippen molar-refractivity contribution < 1.29 is 13.9 Å². The highest BCUT2D eigenvalue weighted by Gasteiger charge is 2.28. The molecule has 0 bridgehead atoms. The van der Waals surface area contributed by atoms with Gasteiger partial charge in [0.1, 0.15) is 23.9 Å². The number of benzene rings is 3. The lowest BCUT2D eigenvalue weighted by molar-refractivity contribution is 0.223.